The number of hydrogen-bond acceptors (Lipinski definition) is 10. The van der Waals surface area contributed by atoms with E-state index in [9.17, 15) is 14.7 Å². The molecule has 0 radical (unpaired) electrons. The highest BCUT2D eigenvalue weighted by molar-refractivity contribution is 6.35. The zero-order valence-corrected chi connectivity index (χ0v) is 29.2. The Bertz CT molecular complexity index is 1930. The summed E-state index contributed by atoms with van der Waals surface area (Å²) in [5.74, 6) is -1.49. The van der Waals surface area contributed by atoms with Gasteiger partial charge >= 0.3 is 5.69 Å². The fraction of sp³-hybridized carbons (Fsp3) is 0.343. The number of rotatable bonds is 14. The Balaban J connectivity index is 1.03. The van der Waals surface area contributed by atoms with E-state index in [1.54, 1.807) is 17.0 Å². The predicted molar refractivity (Wildman–Crippen MR) is 191 cm³/mol. The Kier molecular flexibility index (Phi) is 10.9. The molecule has 3 heterocycles. The molecule has 3 unspecified atom stereocenters. The lowest BCUT2D eigenvalue weighted by atomic mass is 10.1. The number of aldehydes is 1. The average molecular weight is 722 g/mol. The molecular formula is C35H38Cl2N8O5. The maximum absolute atomic E-state index is 12.8. The highest BCUT2D eigenvalue weighted by atomic mass is 35.5. The average Bonchev–Trinajstić information content (AvgIpc) is 3.79. The summed E-state index contributed by atoms with van der Waals surface area (Å²) in [5.41, 5.74) is 3.01. The number of aromatic nitrogens is 6. The molecule has 3 atom stereocenters. The standard InChI is InChI=1S/C35H38Cl2N8O5/c1-3-25(2)45-34(47)44(24-40-45)29-7-5-27(6-8-29)41-14-16-42(17-15-41)28-9-11-30(12-10-28)49-20-31(19-46)50-35(48,21-43-23-38-22-39-43)32-13-4-26(36)18-33(32)37/h4-13,18-19,22-25,31,48H,3,14-17,20-21H2,1-2H3. The van der Waals surface area contributed by atoms with E-state index >= 15 is 0 Å². The van der Waals surface area contributed by atoms with Gasteiger partial charge < -0.3 is 29.2 Å². The van der Waals surface area contributed by atoms with Gasteiger partial charge in [-0.25, -0.2) is 23.7 Å². The van der Waals surface area contributed by atoms with E-state index in [1.165, 1.54) is 34.2 Å². The van der Waals surface area contributed by atoms with Gasteiger partial charge in [-0.2, -0.15) is 10.2 Å². The monoisotopic (exact) mass is 720 g/mol. The molecule has 262 valence electrons. The van der Waals surface area contributed by atoms with Crippen molar-refractivity contribution in [2.75, 3.05) is 42.6 Å². The molecular weight excluding hydrogens is 683 g/mol. The van der Waals surface area contributed by atoms with Gasteiger partial charge in [0, 0.05) is 48.1 Å². The Morgan fingerprint density at radius 3 is 2.14 bits per heavy atom. The summed E-state index contributed by atoms with van der Waals surface area (Å²) in [6, 6.07) is 20.2. The SMILES string of the molecule is CCC(C)n1ncn(-c2ccc(N3CCN(c4ccc(OCC(C=O)OC(O)(Cn5cncn5)c5ccc(Cl)cc5Cl)cc4)CC3)cc2)c1=O. The van der Waals surface area contributed by atoms with Gasteiger partial charge in [0.25, 0.3) is 0 Å². The van der Waals surface area contributed by atoms with Gasteiger partial charge in [0.05, 0.1) is 16.8 Å². The van der Waals surface area contributed by atoms with Crippen LogP contribution >= 0.6 is 23.2 Å². The molecule has 15 heteroatoms. The number of ether oxygens (including phenoxy) is 2. The zero-order chi connectivity index (χ0) is 35.3. The zero-order valence-electron chi connectivity index (χ0n) is 27.7. The van der Waals surface area contributed by atoms with Crippen LogP contribution < -0.4 is 20.2 Å². The third-order valence-electron chi connectivity index (χ3n) is 8.78. The van der Waals surface area contributed by atoms with Gasteiger partial charge in [0.1, 0.15) is 37.9 Å². The van der Waals surface area contributed by atoms with Crippen molar-refractivity contribution in [1.82, 2.24) is 29.1 Å². The molecule has 1 aliphatic rings. The van der Waals surface area contributed by atoms with Crippen LogP contribution in [0.1, 0.15) is 31.9 Å². The quantitative estimate of drug-likeness (QED) is 0.127. The van der Waals surface area contributed by atoms with Crippen molar-refractivity contribution in [3.63, 3.8) is 0 Å². The van der Waals surface area contributed by atoms with E-state index in [4.69, 9.17) is 32.7 Å². The molecule has 0 amide bonds. The van der Waals surface area contributed by atoms with Crippen LogP contribution in [0, 0.1) is 0 Å². The lowest BCUT2D eigenvalue weighted by Gasteiger charge is -2.37. The van der Waals surface area contributed by atoms with E-state index in [2.05, 4.69) is 25.0 Å². The predicted octanol–water partition coefficient (Wildman–Crippen LogP) is 4.74. The lowest BCUT2D eigenvalue weighted by Crippen LogP contribution is -2.46. The van der Waals surface area contributed by atoms with Gasteiger partial charge in [-0.05, 0) is 74.0 Å². The molecule has 1 fully saturated rings. The molecule has 13 nitrogen and oxygen atoms in total. The summed E-state index contributed by atoms with van der Waals surface area (Å²) in [7, 11) is 0. The van der Waals surface area contributed by atoms with E-state index < -0.39 is 11.9 Å². The molecule has 0 spiro atoms. The molecule has 1 aliphatic heterocycles. The lowest BCUT2D eigenvalue weighted by molar-refractivity contribution is -0.245. The molecule has 1 N–H and O–H groups in total. The number of halogens is 2. The van der Waals surface area contributed by atoms with Crippen molar-refractivity contribution in [3.8, 4) is 11.4 Å². The van der Waals surface area contributed by atoms with E-state index in [-0.39, 0.29) is 35.5 Å². The van der Waals surface area contributed by atoms with Gasteiger partial charge in [-0.15, -0.1) is 0 Å². The van der Waals surface area contributed by atoms with Crippen molar-refractivity contribution >= 4 is 40.9 Å². The van der Waals surface area contributed by atoms with Crippen molar-refractivity contribution in [2.45, 2.75) is 44.7 Å². The summed E-state index contributed by atoms with van der Waals surface area (Å²) < 4.78 is 16.3. The van der Waals surface area contributed by atoms with Gasteiger partial charge in [-0.3, -0.25) is 0 Å². The number of benzene rings is 3. The van der Waals surface area contributed by atoms with E-state index in [1.807, 2.05) is 62.4 Å². The minimum atomic E-state index is -2.03. The first-order chi connectivity index (χ1) is 24.2. The number of nitrogens with zero attached hydrogens (tertiary/aromatic N) is 8. The van der Waals surface area contributed by atoms with Crippen LogP contribution in [0.4, 0.5) is 11.4 Å². The topological polar surface area (TPSA) is 133 Å². The normalized spacial score (nSPS) is 15.8. The minimum absolute atomic E-state index is 0.0457. The second-order valence-corrected chi connectivity index (χ2v) is 12.9. The summed E-state index contributed by atoms with van der Waals surface area (Å²) >= 11 is 12.5. The Hall–Kier alpha value is -4.69. The summed E-state index contributed by atoms with van der Waals surface area (Å²) in [6.07, 6.45) is 4.58. The van der Waals surface area contributed by atoms with Crippen molar-refractivity contribution in [3.05, 3.63) is 112 Å². The number of piperazine rings is 1. The maximum Gasteiger partial charge on any atom is 0.350 e. The second kappa shape index (κ2) is 15.5. The van der Waals surface area contributed by atoms with Crippen molar-refractivity contribution < 1.29 is 19.4 Å². The largest absolute Gasteiger partial charge is 0.490 e. The number of carbonyl (C=O) groups excluding carboxylic acids is 1. The molecule has 50 heavy (non-hydrogen) atoms. The van der Waals surface area contributed by atoms with Crippen LogP contribution in [-0.2, 0) is 21.9 Å². The molecule has 1 saturated heterocycles. The van der Waals surface area contributed by atoms with Crippen LogP contribution in [-0.4, -0.2) is 79.4 Å². The van der Waals surface area contributed by atoms with Crippen LogP contribution in [0.2, 0.25) is 10.0 Å². The molecule has 3 aromatic carbocycles. The summed E-state index contributed by atoms with van der Waals surface area (Å²) in [5, 5.41) is 20.5. The van der Waals surface area contributed by atoms with Crippen LogP contribution in [0.3, 0.4) is 0 Å². The Morgan fingerprint density at radius 1 is 0.920 bits per heavy atom. The van der Waals surface area contributed by atoms with Crippen molar-refractivity contribution in [1.29, 1.82) is 0 Å². The molecule has 6 rings (SSSR count). The molecule has 0 bridgehead atoms. The van der Waals surface area contributed by atoms with Gasteiger partial charge in [-0.1, -0.05) is 36.2 Å². The highest BCUT2D eigenvalue weighted by Crippen LogP contribution is 2.34. The Labute approximate surface area is 299 Å². The molecule has 5 aromatic rings. The molecule has 2 aromatic heterocycles. The van der Waals surface area contributed by atoms with Gasteiger partial charge in [0.15, 0.2) is 12.4 Å². The van der Waals surface area contributed by atoms with Crippen LogP contribution in [0.25, 0.3) is 5.69 Å². The van der Waals surface area contributed by atoms with Crippen molar-refractivity contribution in [2.24, 2.45) is 0 Å². The Morgan fingerprint density at radius 2 is 1.56 bits per heavy atom. The van der Waals surface area contributed by atoms with Crippen LogP contribution in [0.5, 0.6) is 5.75 Å². The molecule has 0 saturated carbocycles. The number of aliphatic hydroxyl groups is 1. The van der Waals surface area contributed by atoms with E-state index in [0.29, 0.717) is 17.1 Å². The number of carbonyl (C=O) groups is 1. The second-order valence-electron chi connectivity index (χ2n) is 12.1. The fourth-order valence-electron chi connectivity index (χ4n) is 5.82. The third kappa shape index (κ3) is 7.86. The van der Waals surface area contributed by atoms with E-state index in [0.717, 1.165) is 49.7 Å². The van der Waals surface area contributed by atoms with Gasteiger partial charge in [0.2, 0.25) is 5.79 Å². The minimum Gasteiger partial charge on any atom is -0.490 e. The summed E-state index contributed by atoms with van der Waals surface area (Å²) in [4.78, 5) is 33.4. The number of hydrogen-bond donors (Lipinski definition) is 1. The van der Waals surface area contributed by atoms with Crippen LogP contribution in [0.15, 0.2) is 90.5 Å². The first kappa shape index (κ1) is 35.1. The summed E-state index contributed by atoms with van der Waals surface area (Å²) in [6.45, 7) is 6.99. The third-order valence-corrected chi connectivity index (χ3v) is 9.33. The highest BCUT2D eigenvalue weighted by Gasteiger charge is 2.37. The fourth-order valence-corrected chi connectivity index (χ4v) is 6.38. The first-order valence-corrected chi connectivity index (χ1v) is 17.1. The molecule has 0 aliphatic carbocycles. The smallest absolute Gasteiger partial charge is 0.350 e. The number of anilines is 2. The first-order valence-electron chi connectivity index (χ1n) is 16.3. The maximum atomic E-state index is 12.8.